The molecule has 0 radical (unpaired) electrons. The molecule has 3 aromatic rings. The summed E-state index contributed by atoms with van der Waals surface area (Å²) in [4.78, 5) is 2.64. The fourth-order valence-corrected chi connectivity index (χ4v) is 8.57. The molecule has 3 aliphatic carbocycles. The van der Waals surface area contributed by atoms with E-state index >= 15 is 0 Å². The molecule has 1 spiro atoms. The minimum Gasteiger partial charge on any atom is -0.493 e. The number of rotatable bonds is 4. The molecule has 0 unspecified atom stereocenters. The van der Waals surface area contributed by atoms with Crippen molar-refractivity contribution in [1.82, 2.24) is 9.47 Å². The first-order chi connectivity index (χ1) is 19.0. The molecule has 9 heteroatoms. The third-order valence-corrected chi connectivity index (χ3v) is 10.2. The van der Waals surface area contributed by atoms with E-state index in [1.807, 2.05) is 0 Å². The second kappa shape index (κ2) is 8.71. The molecule has 2 bridgehead atoms. The molecule has 1 aromatic heterocycles. The number of hydrogen-bond donors (Lipinski definition) is 2. The van der Waals surface area contributed by atoms with E-state index in [1.165, 1.54) is 51.7 Å². The lowest BCUT2D eigenvalue weighted by atomic mass is 9.49. The number of piperidine rings is 1. The summed E-state index contributed by atoms with van der Waals surface area (Å²) < 4.78 is 41.2. The lowest BCUT2D eigenvalue weighted by molar-refractivity contribution is -0.173. The van der Waals surface area contributed by atoms with E-state index in [2.05, 4.69) is 53.6 Å². The molecular weight excluding hydrogens is 528 g/mol. The third kappa shape index (κ3) is 3.50. The SMILES string of the molecule is CCn1c2c(c3cccc(C)c31)C[C@@]1(O)[C@@H]3Cc4ccc(OC)c5c4[C@@]1(CCN3CC1CC1)[C@H]2O5.CS(=O)(=O)O. The topological polar surface area (TPSA) is 101 Å². The standard InChI is InChI=1S/C30H34N2O3.CH4O3S/c1-4-32-25-17(2)6-5-7-20(25)21-15-30(33)23-14-19-10-11-22(34-3)27-24(19)29(30,28(35-27)26(21)32)12-13-31(23)16-18-8-9-18;1-5(2,3)4/h5-7,10-11,18,23,28,33H,4,8-9,12-16H2,1-3H3;1H3,(H,2,3,4)/t23-,28-,29-,30+;/m0./s1. The van der Waals surface area contributed by atoms with Crippen LogP contribution in [0.3, 0.4) is 0 Å². The van der Waals surface area contributed by atoms with E-state index in [9.17, 15) is 13.5 Å². The average molecular weight is 567 g/mol. The quantitative estimate of drug-likeness (QED) is 0.457. The third-order valence-electron chi connectivity index (χ3n) is 10.2. The van der Waals surface area contributed by atoms with Crippen molar-refractivity contribution in [3.05, 3.63) is 58.3 Å². The summed E-state index contributed by atoms with van der Waals surface area (Å²) in [5.41, 5.74) is 6.45. The second-order valence-corrected chi connectivity index (χ2v) is 13.9. The maximum absolute atomic E-state index is 13.1. The van der Waals surface area contributed by atoms with Crippen LogP contribution in [0.25, 0.3) is 10.9 Å². The van der Waals surface area contributed by atoms with E-state index in [0.29, 0.717) is 12.7 Å². The van der Waals surface area contributed by atoms with Crippen LogP contribution in [0, 0.1) is 12.8 Å². The number of aromatic nitrogens is 1. The van der Waals surface area contributed by atoms with Crippen LogP contribution >= 0.6 is 0 Å². The summed E-state index contributed by atoms with van der Waals surface area (Å²) in [5, 5.41) is 14.4. The molecule has 8 rings (SSSR count). The number of aryl methyl sites for hydroxylation is 2. The van der Waals surface area contributed by atoms with Gasteiger partial charge in [-0.15, -0.1) is 0 Å². The van der Waals surface area contributed by atoms with Crippen molar-refractivity contribution >= 4 is 21.0 Å². The van der Waals surface area contributed by atoms with E-state index in [0.717, 1.165) is 49.9 Å². The van der Waals surface area contributed by atoms with Crippen LogP contribution in [0.4, 0.5) is 0 Å². The normalized spacial score (nSPS) is 29.8. The van der Waals surface area contributed by atoms with Crippen LogP contribution in [0.5, 0.6) is 11.5 Å². The molecular formula is C31H38N2O6S. The van der Waals surface area contributed by atoms with E-state index < -0.39 is 21.1 Å². The van der Waals surface area contributed by atoms with Crippen LogP contribution in [-0.2, 0) is 34.9 Å². The highest BCUT2D eigenvalue weighted by Gasteiger charge is 2.73. The highest BCUT2D eigenvalue weighted by Crippen LogP contribution is 2.69. The summed E-state index contributed by atoms with van der Waals surface area (Å²) in [6.45, 7) is 7.49. The Balaban J connectivity index is 0.000000490. The van der Waals surface area contributed by atoms with Crippen molar-refractivity contribution in [3.63, 3.8) is 0 Å². The van der Waals surface area contributed by atoms with E-state index in [-0.39, 0.29) is 12.1 Å². The predicted molar refractivity (Wildman–Crippen MR) is 153 cm³/mol. The molecule has 1 saturated carbocycles. The van der Waals surface area contributed by atoms with Crippen LogP contribution < -0.4 is 9.47 Å². The van der Waals surface area contributed by atoms with Crippen molar-refractivity contribution in [2.24, 2.45) is 5.92 Å². The van der Waals surface area contributed by atoms with Crippen molar-refractivity contribution in [1.29, 1.82) is 0 Å². The lowest BCUT2D eigenvalue weighted by Gasteiger charge is -2.63. The van der Waals surface area contributed by atoms with Gasteiger partial charge in [-0.2, -0.15) is 8.42 Å². The number of benzene rings is 2. The maximum Gasteiger partial charge on any atom is 0.261 e. The van der Waals surface area contributed by atoms with Crippen LogP contribution in [0.15, 0.2) is 30.3 Å². The van der Waals surface area contributed by atoms with Gasteiger partial charge in [0.25, 0.3) is 10.1 Å². The van der Waals surface area contributed by atoms with E-state index in [4.69, 9.17) is 14.0 Å². The van der Waals surface area contributed by atoms with Gasteiger partial charge in [-0.25, -0.2) is 0 Å². The summed E-state index contributed by atoms with van der Waals surface area (Å²) in [6.07, 6.45) is 5.69. The summed E-state index contributed by atoms with van der Waals surface area (Å²) in [5.74, 6) is 2.48. The Kier molecular flexibility index (Phi) is 5.73. The Morgan fingerprint density at radius 1 is 1.20 bits per heavy atom. The number of fused-ring (bicyclic) bond motifs is 4. The van der Waals surface area contributed by atoms with Gasteiger partial charge in [0, 0.05) is 36.5 Å². The van der Waals surface area contributed by atoms with Gasteiger partial charge in [-0.3, -0.25) is 9.45 Å². The van der Waals surface area contributed by atoms with Gasteiger partial charge in [0.15, 0.2) is 17.6 Å². The molecule has 40 heavy (non-hydrogen) atoms. The Morgan fingerprint density at radius 2 is 1.95 bits per heavy atom. The molecule has 2 aliphatic heterocycles. The Bertz CT molecular complexity index is 1640. The van der Waals surface area contributed by atoms with Gasteiger partial charge >= 0.3 is 0 Å². The molecule has 214 valence electrons. The maximum atomic E-state index is 13.1. The van der Waals surface area contributed by atoms with Gasteiger partial charge in [0.2, 0.25) is 0 Å². The molecule has 5 aliphatic rings. The number of hydrogen-bond acceptors (Lipinski definition) is 6. The smallest absolute Gasteiger partial charge is 0.261 e. The highest BCUT2D eigenvalue weighted by atomic mass is 32.2. The highest BCUT2D eigenvalue weighted by molar-refractivity contribution is 7.85. The molecule has 2 N–H and O–H groups in total. The van der Waals surface area contributed by atoms with Gasteiger partial charge < -0.3 is 19.1 Å². The zero-order valence-corrected chi connectivity index (χ0v) is 24.4. The van der Waals surface area contributed by atoms with Crippen LogP contribution in [-0.4, -0.2) is 65.6 Å². The summed E-state index contributed by atoms with van der Waals surface area (Å²) in [7, 11) is -1.94. The van der Waals surface area contributed by atoms with Gasteiger partial charge in [0.05, 0.1) is 35.6 Å². The largest absolute Gasteiger partial charge is 0.493 e. The van der Waals surface area contributed by atoms with Crippen LogP contribution in [0.2, 0.25) is 0 Å². The Morgan fingerprint density at radius 3 is 2.62 bits per heavy atom. The van der Waals surface area contributed by atoms with Crippen molar-refractivity contribution in [2.45, 2.75) is 75.7 Å². The van der Waals surface area contributed by atoms with Crippen LogP contribution in [0.1, 0.15) is 60.2 Å². The molecule has 4 atom stereocenters. The minimum absolute atomic E-state index is 0.118. The average Bonchev–Trinajstić information content (AvgIpc) is 3.55. The number of methoxy groups -OCH3 is 1. The number of nitrogens with zero attached hydrogens (tertiary/aromatic N) is 2. The fourth-order valence-electron chi connectivity index (χ4n) is 8.57. The monoisotopic (exact) mass is 566 g/mol. The van der Waals surface area contributed by atoms with Crippen molar-refractivity contribution in [2.75, 3.05) is 26.5 Å². The fraction of sp³-hybridized carbons (Fsp3) is 0.548. The van der Waals surface area contributed by atoms with Gasteiger partial charge in [0.1, 0.15) is 0 Å². The minimum atomic E-state index is -3.67. The number of para-hydroxylation sites is 1. The first-order valence-corrected chi connectivity index (χ1v) is 16.2. The van der Waals surface area contributed by atoms with Gasteiger partial charge in [-0.05, 0) is 74.8 Å². The molecule has 3 heterocycles. The molecule has 1 saturated heterocycles. The Labute approximate surface area is 235 Å². The number of ether oxygens (including phenoxy) is 2. The first-order valence-electron chi connectivity index (χ1n) is 14.4. The lowest BCUT2D eigenvalue weighted by Crippen LogP contribution is -2.74. The molecule has 0 amide bonds. The molecule has 2 aromatic carbocycles. The molecule has 2 fully saturated rings. The van der Waals surface area contributed by atoms with Gasteiger partial charge in [-0.1, -0.05) is 24.3 Å². The summed E-state index contributed by atoms with van der Waals surface area (Å²) in [6, 6.07) is 11.1. The second-order valence-electron chi connectivity index (χ2n) is 12.4. The summed E-state index contributed by atoms with van der Waals surface area (Å²) >= 11 is 0. The Hall–Kier alpha value is -2.59. The number of aliphatic hydroxyl groups is 1. The number of likely N-dealkylation sites (tertiary alicyclic amines) is 1. The zero-order valence-electron chi connectivity index (χ0n) is 23.6. The predicted octanol–water partition coefficient (Wildman–Crippen LogP) is 4.18. The molecule has 8 nitrogen and oxygen atoms in total. The van der Waals surface area contributed by atoms with E-state index in [1.54, 1.807) is 7.11 Å². The zero-order chi connectivity index (χ0) is 28.2. The first kappa shape index (κ1) is 26.3. The van der Waals surface area contributed by atoms with Crippen molar-refractivity contribution in [3.8, 4) is 11.5 Å². The van der Waals surface area contributed by atoms with Crippen molar-refractivity contribution < 1.29 is 27.6 Å².